The minimum atomic E-state index is -0.329. The minimum absolute atomic E-state index is 0.329. The molecule has 9 heavy (non-hydrogen) atoms. The van der Waals surface area contributed by atoms with Gasteiger partial charge < -0.3 is 0 Å². The first-order valence-electron chi connectivity index (χ1n) is 2.73. The Hall–Kier alpha value is -0.630. The molecule has 0 saturated heterocycles. The summed E-state index contributed by atoms with van der Waals surface area (Å²) in [6, 6.07) is 9.86. The number of nitrogens with one attached hydrogen (secondary N) is 1. The largest absolute Gasteiger partial charge is 0.276 e. The highest BCUT2D eigenvalue weighted by molar-refractivity contribution is 7.85. The Morgan fingerprint density at radius 1 is 1.22 bits per heavy atom. The highest BCUT2D eigenvalue weighted by atomic mass is 32.2. The highest BCUT2D eigenvalue weighted by Crippen LogP contribution is 2.02. The monoisotopic (exact) mass is 139 g/mol. The maximum atomic E-state index is 7.35. The fourth-order valence-electron chi connectivity index (χ4n) is 0.625. The summed E-state index contributed by atoms with van der Waals surface area (Å²) in [6.07, 6.45) is 1.90. The second kappa shape index (κ2) is 2.78. The summed E-state index contributed by atoms with van der Waals surface area (Å²) < 4.78 is 7.35. The van der Waals surface area contributed by atoms with E-state index in [1.807, 2.05) is 36.6 Å². The van der Waals surface area contributed by atoms with Gasteiger partial charge in [0.1, 0.15) is 0 Å². The quantitative estimate of drug-likeness (QED) is 0.615. The van der Waals surface area contributed by atoms with E-state index >= 15 is 0 Å². The Labute approximate surface area is 57.6 Å². The predicted octanol–water partition coefficient (Wildman–Crippen LogP) is 2.06. The van der Waals surface area contributed by atoms with Gasteiger partial charge in [-0.2, -0.15) is 0 Å². The van der Waals surface area contributed by atoms with Crippen molar-refractivity contribution in [1.82, 2.24) is 0 Å². The third-order valence-electron chi connectivity index (χ3n) is 1.10. The first-order valence-corrected chi connectivity index (χ1v) is 4.36. The maximum absolute atomic E-state index is 7.35. The van der Waals surface area contributed by atoms with Crippen molar-refractivity contribution in [3.63, 3.8) is 0 Å². The van der Waals surface area contributed by atoms with Crippen LogP contribution in [0.5, 0.6) is 0 Å². The molecule has 0 fully saturated rings. The van der Waals surface area contributed by atoms with E-state index in [0.29, 0.717) is 0 Å². The molecule has 0 aromatic heterocycles. The molecule has 0 aliphatic carbocycles. The van der Waals surface area contributed by atoms with E-state index in [0.717, 1.165) is 4.90 Å². The Morgan fingerprint density at radius 2 is 1.78 bits per heavy atom. The molecule has 1 rings (SSSR count). The summed E-state index contributed by atoms with van der Waals surface area (Å²) in [5, 5.41) is 0. The van der Waals surface area contributed by atoms with Gasteiger partial charge in [0.25, 0.3) is 0 Å². The normalized spacial score (nSPS) is 13.0. The fourth-order valence-corrected chi connectivity index (χ4v) is 1.19. The zero-order valence-electron chi connectivity index (χ0n) is 5.29. The van der Waals surface area contributed by atoms with Crippen molar-refractivity contribution in [2.45, 2.75) is 4.90 Å². The molecule has 1 aromatic rings. The third kappa shape index (κ3) is 1.64. The van der Waals surface area contributed by atoms with Crippen LogP contribution in [0, 0.1) is 4.78 Å². The van der Waals surface area contributed by atoms with Crippen molar-refractivity contribution >= 4 is 10.7 Å². The van der Waals surface area contributed by atoms with Gasteiger partial charge in [0, 0.05) is 4.90 Å². The molecular weight excluding hydrogens is 130 g/mol. The van der Waals surface area contributed by atoms with Gasteiger partial charge in [-0.3, -0.25) is 4.78 Å². The van der Waals surface area contributed by atoms with Gasteiger partial charge in [0.05, 0.1) is 0 Å². The van der Waals surface area contributed by atoms with Crippen LogP contribution in [0.25, 0.3) is 0 Å². The molecule has 0 radical (unpaired) electrons. The molecule has 1 nitrogen and oxygen atoms in total. The van der Waals surface area contributed by atoms with Crippen LogP contribution in [0.4, 0.5) is 0 Å². The summed E-state index contributed by atoms with van der Waals surface area (Å²) in [5.74, 6) is 0. The van der Waals surface area contributed by atoms with E-state index in [9.17, 15) is 0 Å². The average molecular weight is 139 g/mol. The third-order valence-corrected chi connectivity index (χ3v) is 2.08. The lowest BCUT2D eigenvalue weighted by Gasteiger charge is -1.94. The van der Waals surface area contributed by atoms with E-state index in [1.165, 1.54) is 0 Å². The molecule has 0 aliphatic heterocycles. The first-order chi connectivity index (χ1) is 4.30. The molecule has 0 unspecified atom stereocenters. The lowest BCUT2D eigenvalue weighted by atomic mass is 10.4. The summed E-state index contributed by atoms with van der Waals surface area (Å²) in [7, 11) is -0.329. The van der Waals surface area contributed by atoms with Crippen molar-refractivity contribution in [3.8, 4) is 0 Å². The number of rotatable bonds is 1. The van der Waals surface area contributed by atoms with Gasteiger partial charge in [0.15, 0.2) is 0 Å². The van der Waals surface area contributed by atoms with Crippen LogP contribution in [0.1, 0.15) is 0 Å². The van der Waals surface area contributed by atoms with E-state index in [4.69, 9.17) is 4.78 Å². The van der Waals surface area contributed by atoms with E-state index in [2.05, 4.69) is 0 Å². The van der Waals surface area contributed by atoms with Gasteiger partial charge in [0.2, 0.25) is 0 Å². The Morgan fingerprint density at radius 3 is 2.11 bits per heavy atom. The topological polar surface area (TPSA) is 23.9 Å². The summed E-state index contributed by atoms with van der Waals surface area (Å²) in [6.45, 7) is 0. The van der Waals surface area contributed by atoms with Crippen molar-refractivity contribution in [1.29, 1.82) is 4.78 Å². The average Bonchev–Trinajstić information content (AvgIpc) is 1.90. The van der Waals surface area contributed by atoms with Gasteiger partial charge in [-0.25, -0.2) is 0 Å². The molecule has 2 heteroatoms. The van der Waals surface area contributed by atoms with E-state index in [-0.39, 0.29) is 10.7 Å². The molecule has 0 bridgehead atoms. The van der Waals surface area contributed by atoms with Crippen molar-refractivity contribution < 1.29 is 0 Å². The van der Waals surface area contributed by atoms with Crippen LogP contribution in [0.3, 0.4) is 0 Å². The van der Waals surface area contributed by atoms with Gasteiger partial charge >= 0.3 is 0 Å². The Balaban J connectivity index is 2.98. The molecule has 1 N–H and O–H groups in total. The maximum Gasteiger partial charge on any atom is 0.0178 e. The second-order valence-corrected chi connectivity index (χ2v) is 3.32. The first kappa shape index (κ1) is 6.49. The van der Waals surface area contributed by atoms with Crippen LogP contribution in [0.2, 0.25) is 0 Å². The number of benzene rings is 1. The highest BCUT2D eigenvalue weighted by Gasteiger charge is 1.86. The lowest BCUT2D eigenvalue weighted by Crippen LogP contribution is -1.81. The second-order valence-electron chi connectivity index (χ2n) is 1.82. The van der Waals surface area contributed by atoms with Crippen LogP contribution in [-0.2, 0) is 10.7 Å². The van der Waals surface area contributed by atoms with Crippen LogP contribution in [0.15, 0.2) is 35.2 Å². The smallest absolute Gasteiger partial charge is 0.0178 e. The van der Waals surface area contributed by atoms with Gasteiger partial charge in [-0.05, 0) is 18.4 Å². The van der Waals surface area contributed by atoms with Crippen LogP contribution >= 0.6 is 0 Å². The molecule has 0 saturated carbocycles. The molecule has 1 atom stereocenters. The van der Waals surface area contributed by atoms with Crippen molar-refractivity contribution in [2.24, 2.45) is 0 Å². The van der Waals surface area contributed by atoms with Crippen molar-refractivity contribution in [2.75, 3.05) is 6.26 Å². The summed E-state index contributed by atoms with van der Waals surface area (Å²) in [4.78, 5) is 1.11. The van der Waals surface area contributed by atoms with E-state index < -0.39 is 0 Å². The lowest BCUT2D eigenvalue weighted by molar-refractivity contribution is 1.43. The predicted molar refractivity (Wildman–Crippen MR) is 40.7 cm³/mol. The zero-order valence-corrected chi connectivity index (χ0v) is 6.11. The Bertz CT molecular complexity index is 205. The Kier molecular flexibility index (Phi) is 2.01. The number of hydrogen-bond donors (Lipinski definition) is 1. The zero-order chi connectivity index (χ0) is 6.69. The van der Waals surface area contributed by atoms with Gasteiger partial charge in [-0.1, -0.05) is 28.9 Å². The molecular formula is C7H9NS. The fraction of sp³-hybridized carbons (Fsp3) is 0.143. The standard InChI is InChI=1S/C7H9NS/c1-9(8)7-5-3-2-4-6-7/h2-6,8H,1H3/t9-/m0/s1. The molecule has 0 amide bonds. The summed E-state index contributed by atoms with van der Waals surface area (Å²) >= 11 is 0. The molecule has 1 aromatic carbocycles. The minimum Gasteiger partial charge on any atom is -0.276 e. The van der Waals surface area contributed by atoms with Crippen LogP contribution in [-0.4, -0.2) is 6.26 Å². The van der Waals surface area contributed by atoms with Crippen LogP contribution < -0.4 is 0 Å². The number of hydrogen-bond acceptors (Lipinski definition) is 1. The summed E-state index contributed by atoms with van der Waals surface area (Å²) in [5.41, 5.74) is 0. The molecule has 0 aliphatic rings. The molecule has 0 spiro atoms. The van der Waals surface area contributed by atoms with E-state index in [1.54, 1.807) is 0 Å². The van der Waals surface area contributed by atoms with Crippen molar-refractivity contribution in [3.05, 3.63) is 30.3 Å². The van der Waals surface area contributed by atoms with Gasteiger partial charge in [-0.15, -0.1) is 0 Å². The SMILES string of the molecule is C[S@](=N)c1ccccc1. The molecule has 0 heterocycles. The molecule has 48 valence electrons.